The Balaban J connectivity index is 1.58. The van der Waals surface area contributed by atoms with Gasteiger partial charge in [0.05, 0.1) is 4.90 Å². The van der Waals surface area contributed by atoms with Crippen LogP contribution in [0.2, 0.25) is 0 Å². The molecule has 2 atom stereocenters. The summed E-state index contributed by atoms with van der Waals surface area (Å²) in [5.41, 5.74) is 0. The number of hydrogen-bond donors (Lipinski definition) is 1. The third-order valence-electron chi connectivity index (χ3n) is 6.18. The summed E-state index contributed by atoms with van der Waals surface area (Å²) in [6.45, 7) is 3.10. The minimum absolute atomic E-state index is 0.143. The fraction of sp³-hybridized carbons (Fsp3) is 0.667. The summed E-state index contributed by atoms with van der Waals surface area (Å²) in [5, 5.41) is 3.21. The number of sulfonamides is 1. The maximum Gasteiger partial charge on any atom is 0.243 e. The summed E-state index contributed by atoms with van der Waals surface area (Å²) in [5.74, 6) is 0.639. The highest BCUT2D eigenvalue weighted by Gasteiger charge is 2.35. The Labute approximate surface area is 163 Å². The zero-order valence-corrected chi connectivity index (χ0v) is 17.1. The first-order valence-electron chi connectivity index (χ1n) is 10.3. The van der Waals surface area contributed by atoms with E-state index in [1.807, 2.05) is 6.07 Å². The molecule has 0 bridgehead atoms. The minimum Gasteiger partial charge on any atom is -0.353 e. The van der Waals surface area contributed by atoms with E-state index >= 15 is 0 Å². The highest BCUT2D eigenvalue weighted by Crippen LogP contribution is 2.32. The molecular formula is C21H32N2O3S. The van der Waals surface area contributed by atoms with Crippen LogP contribution in [0.4, 0.5) is 0 Å². The Hall–Kier alpha value is -1.40. The van der Waals surface area contributed by atoms with E-state index in [1.54, 1.807) is 28.6 Å². The Morgan fingerprint density at radius 3 is 2.44 bits per heavy atom. The maximum absolute atomic E-state index is 12.9. The predicted octanol–water partition coefficient (Wildman–Crippen LogP) is 3.56. The number of nitrogens with one attached hydrogen (secondary N) is 1. The molecule has 1 aromatic rings. The summed E-state index contributed by atoms with van der Waals surface area (Å²) in [6, 6.07) is 8.98. The van der Waals surface area contributed by atoms with Gasteiger partial charge in [0, 0.05) is 25.6 Å². The minimum atomic E-state index is -3.45. The number of carbonyl (C=O) groups is 1. The third kappa shape index (κ3) is 5.11. The van der Waals surface area contributed by atoms with E-state index in [-0.39, 0.29) is 17.7 Å². The van der Waals surface area contributed by atoms with Crippen molar-refractivity contribution in [2.24, 2.45) is 11.8 Å². The van der Waals surface area contributed by atoms with Gasteiger partial charge in [-0.15, -0.1) is 0 Å². The Morgan fingerprint density at radius 2 is 1.78 bits per heavy atom. The number of amides is 1. The highest BCUT2D eigenvalue weighted by molar-refractivity contribution is 7.89. The van der Waals surface area contributed by atoms with Gasteiger partial charge in [-0.05, 0) is 43.2 Å². The summed E-state index contributed by atoms with van der Waals surface area (Å²) < 4.78 is 27.4. The maximum atomic E-state index is 12.9. The van der Waals surface area contributed by atoms with Crippen molar-refractivity contribution in [1.82, 2.24) is 9.62 Å². The third-order valence-corrected chi connectivity index (χ3v) is 8.06. The van der Waals surface area contributed by atoms with E-state index in [0.29, 0.717) is 30.4 Å². The molecular weight excluding hydrogens is 360 g/mol. The van der Waals surface area contributed by atoms with Gasteiger partial charge in [0.15, 0.2) is 0 Å². The summed E-state index contributed by atoms with van der Waals surface area (Å²) in [7, 11) is -3.45. The first-order chi connectivity index (χ1) is 13.0. The van der Waals surface area contributed by atoms with Gasteiger partial charge < -0.3 is 5.32 Å². The number of rotatable bonds is 6. The number of hydrogen-bond acceptors (Lipinski definition) is 3. The number of carbonyl (C=O) groups excluding carboxylic acids is 1. The second-order valence-electron chi connectivity index (χ2n) is 8.00. The van der Waals surface area contributed by atoms with Gasteiger partial charge in [-0.2, -0.15) is 4.31 Å². The fourth-order valence-electron chi connectivity index (χ4n) is 4.51. The molecule has 27 heavy (non-hydrogen) atoms. The molecule has 0 radical (unpaired) electrons. The summed E-state index contributed by atoms with van der Waals surface area (Å²) >= 11 is 0. The van der Waals surface area contributed by atoms with Crippen molar-refractivity contribution in [1.29, 1.82) is 0 Å². The molecule has 2 unspecified atom stereocenters. The summed E-state index contributed by atoms with van der Waals surface area (Å²) in [6.07, 6.45) is 8.04. The molecule has 1 N–H and O–H groups in total. The lowest BCUT2D eigenvalue weighted by Crippen LogP contribution is -2.45. The molecule has 150 valence electrons. The lowest BCUT2D eigenvalue weighted by atomic mass is 9.82. The average molecular weight is 393 g/mol. The molecule has 1 saturated heterocycles. The second-order valence-corrected chi connectivity index (χ2v) is 9.94. The first-order valence-corrected chi connectivity index (χ1v) is 11.8. The highest BCUT2D eigenvalue weighted by atomic mass is 32.2. The van der Waals surface area contributed by atoms with Gasteiger partial charge in [0.2, 0.25) is 15.9 Å². The van der Waals surface area contributed by atoms with Gasteiger partial charge in [0.1, 0.15) is 0 Å². The van der Waals surface area contributed by atoms with Gasteiger partial charge in [-0.25, -0.2) is 8.42 Å². The van der Waals surface area contributed by atoms with Crippen molar-refractivity contribution in [2.75, 3.05) is 13.1 Å². The van der Waals surface area contributed by atoms with Gasteiger partial charge >= 0.3 is 0 Å². The molecule has 5 nitrogen and oxygen atoms in total. The molecule has 1 amide bonds. The van der Waals surface area contributed by atoms with E-state index in [4.69, 9.17) is 0 Å². The van der Waals surface area contributed by atoms with Crippen molar-refractivity contribution in [2.45, 2.75) is 69.2 Å². The zero-order valence-electron chi connectivity index (χ0n) is 16.3. The molecule has 1 aromatic carbocycles. The molecule has 2 fully saturated rings. The zero-order chi connectivity index (χ0) is 19.3. The van der Waals surface area contributed by atoms with Crippen LogP contribution in [0.1, 0.15) is 58.3 Å². The molecule has 0 aromatic heterocycles. The van der Waals surface area contributed by atoms with Crippen molar-refractivity contribution < 1.29 is 13.2 Å². The largest absolute Gasteiger partial charge is 0.353 e. The van der Waals surface area contributed by atoms with Gasteiger partial charge in [-0.1, -0.05) is 50.8 Å². The van der Waals surface area contributed by atoms with E-state index in [2.05, 4.69) is 12.2 Å². The van der Waals surface area contributed by atoms with E-state index in [1.165, 1.54) is 19.3 Å². The smallest absolute Gasteiger partial charge is 0.243 e. The van der Waals surface area contributed by atoms with Gasteiger partial charge in [0.25, 0.3) is 0 Å². The van der Waals surface area contributed by atoms with E-state index in [0.717, 1.165) is 25.7 Å². The Morgan fingerprint density at radius 1 is 1.07 bits per heavy atom. The van der Waals surface area contributed by atoms with Gasteiger partial charge in [-0.3, -0.25) is 4.79 Å². The number of benzene rings is 1. The lowest BCUT2D eigenvalue weighted by molar-refractivity contribution is -0.123. The van der Waals surface area contributed by atoms with E-state index < -0.39 is 10.0 Å². The standard InChI is InChI=1S/C21H32N2O3S/c1-2-17-16-23(27(25,26)20-11-7-4-8-12-20)14-13-18(17)15-21(24)22-19-9-5-3-6-10-19/h4,7-8,11-12,17-19H,2-3,5-6,9-10,13-16H2,1H3,(H,22,24). The predicted molar refractivity (Wildman–Crippen MR) is 107 cm³/mol. The fourth-order valence-corrected chi connectivity index (χ4v) is 6.04. The molecule has 1 aliphatic carbocycles. The van der Waals surface area contributed by atoms with Crippen LogP contribution in [0.3, 0.4) is 0 Å². The van der Waals surface area contributed by atoms with Crippen LogP contribution in [0.15, 0.2) is 35.2 Å². The van der Waals surface area contributed by atoms with E-state index in [9.17, 15) is 13.2 Å². The summed E-state index contributed by atoms with van der Waals surface area (Å²) in [4.78, 5) is 12.9. The SMILES string of the molecule is CCC1CN(S(=O)(=O)c2ccccc2)CCC1CC(=O)NC1CCCCC1. The topological polar surface area (TPSA) is 66.5 Å². The first kappa shape index (κ1) is 20.3. The van der Waals surface area contributed by atoms with Crippen molar-refractivity contribution in [3.8, 4) is 0 Å². The quantitative estimate of drug-likeness (QED) is 0.805. The molecule has 6 heteroatoms. The lowest BCUT2D eigenvalue weighted by Gasteiger charge is -2.37. The molecule has 1 heterocycles. The van der Waals surface area contributed by atoms with Crippen molar-refractivity contribution in [3.63, 3.8) is 0 Å². The molecule has 1 aliphatic heterocycles. The second kappa shape index (κ2) is 9.20. The number of nitrogens with zero attached hydrogens (tertiary/aromatic N) is 1. The average Bonchev–Trinajstić information content (AvgIpc) is 2.69. The van der Waals surface area contributed by atoms with Crippen LogP contribution in [-0.4, -0.2) is 37.8 Å². The molecule has 3 rings (SSSR count). The monoisotopic (exact) mass is 392 g/mol. The van der Waals surface area contributed by atoms with Crippen LogP contribution in [0, 0.1) is 11.8 Å². The Kier molecular flexibility index (Phi) is 6.93. The van der Waals surface area contributed by atoms with Crippen LogP contribution in [-0.2, 0) is 14.8 Å². The Bertz CT molecular complexity index is 714. The van der Waals surface area contributed by atoms with Crippen molar-refractivity contribution >= 4 is 15.9 Å². The molecule has 1 saturated carbocycles. The van der Waals surface area contributed by atoms with Crippen molar-refractivity contribution in [3.05, 3.63) is 30.3 Å². The van der Waals surface area contributed by atoms with Crippen LogP contribution < -0.4 is 5.32 Å². The van der Waals surface area contributed by atoms with Crippen LogP contribution in [0.5, 0.6) is 0 Å². The molecule has 2 aliphatic rings. The van der Waals surface area contributed by atoms with Crippen LogP contribution >= 0.6 is 0 Å². The normalized spacial score (nSPS) is 25.2. The number of piperidine rings is 1. The van der Waals surface area contributed by atoms with Crippen LogP contribution in [0.25, 0.3) is 0 Å². The molecule has 0 spiro atoms.